The monoisotopic (exact) mass is 512 g/mol. The van der Waals surface area contributed by atoms with Crippen LogP contribution in [0.2, 0.25) is 10.0 Å². The SMILES string of the molecule is CC(C)(C)OC(=O)N1CCCC(c2ccc(N(Cc3cccc(Cl)c3Cl)S(C)(=O)=O)cc2)C1. The van der Waals surface area contributed by atoms with Crippen molar-refractivity contribution in [3.63, 3.8) is 0 Å². The maximum atomic E-state index is 12.5. The normalized spacial score (nSPS) is 17.0. The van der Waals surface area contributed by atoms with Crippen LogP contribution in [0.15, 0.2) is 42.5 Å². The highest BCUT2D eigenvalue weighted by Gasteiger charge is 2.28. The summed E-state index contributed by atoms with van der Waals surface area (Å²) in [5, 5.41) is 0.721. The minimum atomic E-state index is -3.56. The zero-order chi connectivity index (χ0) is 24.4. The molecule has 180 valence electrons. The molecule has 0 bridgehead atoms. The summed E-state index contributed by atoms with van der Waals surface area (Å²) in [5.74, 6) is 0.161. The second kappa shape index (κ2) is 10.1. The number of piperidine rings is 1. The van der Waals surface area contributed by atoms with E-state index in [1.807, 2.05) is 32.9 Å². The molecule has 0 N–H and O–H groups in total. The third-order valence-corrected chi connectivity index (χ3v) is 7.47. The van der Waals surface area contributed by atoms with E-state index in [2.05, 4.69) is 0 Å². The van der Waals surface area contributed by atoms with Gasteiger partial charge < -0.3 is 9.64 Å². The number of ether oxygens (including phenoxy) is 1. The Bertz CT molecular complexity index is 1100. The molecule has 1 amide bonds. The summed E-state index contributed by atoms with van der Waals surface area (Å²) in [6.45, 7) is 6.89. The second-order valence-corrected chi connectivity index (χ2v) is 12.0. The first kappa shape index (κ1) is 25.7. The molecule has 2 aromatic carbocycles. The Morgan fingerprint density at radius 3 is 2.42 bits per heavy atom. The predicted octanol–water partition coefficient (Wildman–Crippen LogP) is 6.07. The number of rotatable bonds is 5. The van der Waals surface area contributed by atoms with Gasteiger partial charge in [0.15, 0.2) is 0 Å². The molecule has 1 unspecified atom stereocenters. The number of hydrogen-bond donors (Lipinski definition) is 0. The Morgan fingerprint density at radius 1 is 1.15 bits per heavy atom. The number of anilines is 1. The first-order valence-corrected chi connectivity index (χ1v) is 13.4. The number of halogens is 2. The average molecular weight is 513 g/mol. The molecule has 1 atom stereocenters. The zero-order valence-electron chi connectivity index (χ0n) is 19.3. The summed E-state index contributed by atoms with van der Waals surface area (Å²) in [6.07, 6.45) is 2.70. The van der Waals surface area contributed by atoms with Crippen LogP contribution in [-0.4, -0.2) is 44.4 Å². The lowest BCUT2D eigenvalue weighted by Crippen LogP contribution is -2.42. The van der Waals surface area contributed by atoms with Gasteiger partial charge in [0, 0.05) is 19.0 Å². The zero-order valence-corrected chi connectivity index (χ0v) is 21.7. The maximum absolute atomic E-state index is 12.5. The lowest BCUT2D eigenvalue weighted by atomic mass is 9.90. The molecule has 3 rings (SSSR count). The number of carbonyl (C=O) groups excluding carboxylic acids is 1. The Balaban J connectivity index is 1.78. The van der Waals surface area contributed by atoms with Crippen LogP contribution in [-0.2, 0) is 21.3 Å². The average Bonchev–Trinajstić information content (AvgIpc) is 2.73. The van der Waals surface area contributed by atoms with Crippen molar-refractivity contribution in [3.05, 3.63) is 63.6 Å². The number of carbonyl (C=O) groups is 1. The molecule has 0 saturated carbocycles. The lowest BCUT2D eigenvalue weighted by Gasteiger charge is -2.34. The molecule has 1 fully saturated rings. The van der Waals surface area contributed by atoms with Gasteiger partial charge in [-0.15, -0.1) is 0 Å². The van der Waals surface area contributed by atoms with Crippen molar-refractivity contribution in [2.75, 3.05) is 23.7 Å². The molecule has 0 aromatic heterocycles. The van der Waals surface area contributed by atoms with Crippen LogP contribution in [0.3, 0.4) is 0 Å². The van der Waals surface area contributed by atoms with Gasteiger partial charge in [0.25, 0.3) is 0 Å². The van der Waals surface area contributed by atoms with Gasteiger partial charge in [-0.25, -0.2) is 13.2 Å². The highest BCUT2D eigenvalue weighted by molar-refractivity contribution is 7.92. The van der Waals surface area contributed by atoms with E-state index in [0.29, 0.717) is 34.4 Å². The minimum absolute atomic E-state index is 0.0768. The highest BCUT2D eigenvalue weighted by atomic mass is 35.5. The van der Waals surface area contributed by atoms with E-state index >= 15 is 0 Å². The molecule has 6 nitrogen and oxygen atoms in total. The topological polar surface area (TPSA) is 66.9 Å². The third-order valence-electron chi connectivity index (χ3n) is 5.47. The Kier molecular flexibility index (Phi) is 7.87. The quantitative estimate of drug-likeness (QED) is 0.487. The summed E-state index contributed by atoms with van der Waals surface area (Å²) < 4.78 is 31.9. The first-order chi connectivity index (χ1) is 15.3. The summed E-state index contributed by atoms with van der Waals surface area (Å²) >= 11 is 12.4. The molecule has 33 heavy (non-hydrogen) atoms. The van der Waals surface area contributed by atoms with Crippen molar-refractivity contribution in [2.24, 2.45) is 0 Å². The van der Waals surface area contributed by atoms with E-state index in [1.54, 1.807) is 35.2 Å². The summed E-state index contributed by atoms with van der Waals surface area (Å²) in [6, 6.07) is 12.6. The van der Waals surface area contributed by atoms with E-state index in [1.165, 1.54) is 10.6 Å². The van der Waals surface area contributed by atoms with Crippen molar-refractivity contribution in [3.8, 4) is 0 Å². The number of nitrogens with zero attached hydrogens (tertiary/aromatic N) is 2. The fourth-order valence-corrected chi connectivity index (χ4v) is 5.14. The molecule has 1 aliphatic heterocycles. The summed E-state index contributed by atoms with van der Waals surface area (Å²) in [4.78, 5) is 14.2. The molecule has 2 aromatic rings. The highest BCUT2D eigenvalue weighted by Crippen LogP contribution is 2.32. The van der Waals surface area contributed by atoms with E-state index < -0.39 is 15.6 Å². The van der Waals surface area contributed by atoms with Gasteiger partial charge in [0.1, 0.15) is 5.60 Å². The molecule has 0 spiro atoms. The van der Waals surface area contributed by atoms with Gasteiger partial charge >= 0.3 is 6.09 Å². The Morgan fingerprint density at radius 2 is 1.82 bits per heavy atom. The Labute approximate surface area is 206 Å². The molecule has 1 heterocycles. The molecule has 1 saturated heterocycles. The van der Waals surface area contributed by atoms with Crippen molar-refractivity contribution in [1.82, 2.24) is 4.90 Å². The van der Waals surface area contributed by atoms with Crippen LogP contribution in [0.1, 0.15) is 50.7 Å². The van der Waals surface area contributed by atoms with Gasteiger partial charge in [-0.3, -0.25) is 4.31 Å². The molecule has 0 radical (unpaired) electrons. The molecule has 1 aliphatic rings. The fraction of sp³-hybridized carbons (Fsp3) is 0.458. The largest absolute Gasteiger partial charge is 0.444 e. The molecular formula is C24H30Cl2N2O4S. The van der Waals surface area contributed by atoms with Crippen molar-refractivity contribution >= 4 is 45.0 Å². The van der Waals surface area contributed by atoms with Gasteiger partial charge in [-0.05, 0) is 62.9 Å². The van der Waals surface area contributed by atoms with Crippen LogP contribution in [0.4, 0.5) is 10.5 Å². The number of hydrogen-bond acceptors (Lipinski definition) is 4. The summed E-state index contributed by atoms with van der Waals surface area (Å²) in [7, 11) is -3.56. The molecule has 0 aliphatic carbocycles. The molecular weight excluding hydrogens is 483 g/mol. The van der Waals surface area contributed by atoms with Crippen molar-refractivity contribution < 1.29 is 17.9 Å². The van der Waals surface area contributed by atoms with E-state index in [4.69, 9.17) is 27.9 Å². The van der Waals surface area contributed by atoms with Crippen molar-refractivity contribution in [1.29, 1.82) is 0 Å². The van der Waals surface area contributed by atoms with Crippen LogP contribution in [0.25, 0.3) is 0 Å². The van der Waals surface area contributed by atoms with Crippen LogP contribution in [0.5, 0.6) is 0 Å². The van der Waals surface area contributed by atoms with Crippen molar-refractivity contribution in [2.45, 2.75) is 51.7 Å². The van der Waals surface area contributed by atoms with Gasteiger partial charge in [0.2, 0.25) is 10.0 Å². The van der Waals surface area contributed by atoms with E-state index in [-0.39, 0.29) is 18.6 Å². The lowest BCUT2D eigenvalue weighted by molar-refractivity contribution is 0.0198. The first-order valence-electron chi connectivity index (χ1n) is 10.8. The maximum Gasteiger partial charge on any atom is 0.410 e. The summed E-state index contributed by atoms with van der Waals surface area (Å²) in [5.41, 5.74) is 1.68. The second-order valence-electron chi connectivity index (χ2n) is 9.34. The van der Waals surface area contributed by atoms with Crippen LogP contribution < -0.4 is 4.31 Å². The van der Waals surface area contributed by atoms with Gasteiger partial charge in [-0.2, -0.15) is 0 Å². The minimum Gasteiger partial charge on any atom is -0.444 e. The van der Waals surface area contributed by atoms with Crippen LogP contribution >= 0.6 is 23.2 Å². The number of amides is 1. The van der Waals surface area contributed by atoms with Crippen LogP contribution in [0, 0.1) is 0 Å². The van der Waals surface area contributed by atoms with E-state index in [9.17, 15) is 13.2 Å². The predicted molar refractivity (Wildman–Crippen MR) is 134 cm³/mol. The van der Waals surface area contributed by atoms with Gasteiger partial charge in [0.05, 0.1) is 28.5 Å². The smallest absolute Gasteiger partial charge is 0.410 e. The standard InChI is InChI=1S/C24H30Cl2N2O4S/c1-24(2,3)32-23(29)27-14-6-8-18(15-27)17-10-12-20(13-11-17)28(33(4,30)31)16-19-7-5-9-21(25)22(19)26/h5,7,9-13,18H,6,8,14-16H2,1-4H3. The molecule has 9 heteroatoms. The number of benzene rings is 2. The third kappa shape index (κ3) is 6.78. The number of sulfonamides is 1. The number of likely N-dealkylation sites (tertiary alicyclic amines) is 1. The fourth-order valence-electron chi connectivity index (χ4n) is 3.88. The Hall–Kier alpha value is -1.96. The van der Waals surface area contributed by atoms with E-state index in [0.717, 1.165) is 18.4 Å². The van der Waals surface area contributed by atoms with Gasteiger partial charge in [-0.1, -0.05) is 47.5 Å².